The van der Waals surface area contributed by atoms with Crippen LogP contribution in [0.4, 0.5) is 5.69 Å². The minimum atomic E-state index is -3.76. The van der Waals surface area contributed by atoms with Crippen molar-refractivity contribution in [1.82, 2.24) is 4.90 Å². The Balaban J connectivity index is 1.89. The van der Waals surface area contributed by atoms with Crippen molar-refractivity contribution < 1.29 is 13.2 Å². The molecule has 0 fully saturated rings. The quantitative estimate of drug-likeness (QED) is 0.543. The summed E-state index contributed by atoms with van der Waals surface area (Å²) >= 11 is 7.82. The molecule has 8 heteroatoms. The number of halogens is 1. The minimum absolute atomic E-state index is 0.184. The van der Waals surface area contributed by atoms with Gasteiger partial charge in [-0.3, -0.25) is 9.10 Å². The fraction of sp³-hybridized carbons (Fsp3) is 0.190. The second-order valence-corrected chi connectivity index (χ2v) is 10.1. The minimum Gasteiger partial charge on any atom is -0.337 e. The number of carbonyl (C=O) groups is 1. The number of sulfonamides is 1. The molecule has 5 nitrogen and oxygen atoms in total. The van der Waals surface area contributed by atoms with Gasteiger partial charge >= 0.3 is 0 Å². The second kappa shape index (κ2) is 8.57. The summed E-state index contributed by atoms with van der Waals surface area (Å²) in [6.07, 6.45) is 0. The van der Waals surface area contributed by atoms with E-state index in [9.17, 15) is 13.2 Å². The molecule has 0 aliphatic carbocycles. The monoisotopic (exact) mass is 448 g/mol. The molecule has 0 aliphatic rings. The Morgan fingerprint density at radius 3 is 2.38 bits per heavy atom. The van der Waals surface area contributed by atoms with Crippen LogP contribution in [0.25, 0.3) is 0 Å². The lowest BCUT2D eigenvalue weighted by Gasteiger charge is -2.22. The summed E-state index contributed by atoms with van der Waals surface area (Å²) in [6, 6.07) is 15.2. The van der Waals surface area contributed by atoms with Gasteiger partial charge in [-0.05, 0) is 48.7 Å². The molecule has 1 aromatic heterocycles. The lowest BCUT2D eigenvalue weighted by atomic mass is 10.1. The molecular formula is C21H21ClN2O3S2. The van der Waals surface area contributed by atoms with E-state index in [-0.39, 0.29) is 21.4 Å². The predicted octanol–water partition coefficient (Wildman–Crippen LogP) is 4.81. The summed E-state index contributed by atoms with van der Waals surface area (Å²) in [7, 11) is -0.606. The van der Waals surface area contributed by atoms with E-state index in [0.29, 0.717) is 12.2 Å². The van der Waals surface area contributed by atoms with Gasteiger partial charge in [0, 0.05) is 19.0 Å². The molecule has 0 spiro atoms. The van der Waals surface area contributed by atoms with Crippen molar-refractivity contribution in [3.8, 4) is 0 Å². The second-order valence-electron chi connectivity index (χ2n) is 6.69. The van der Waals surface area contributed by atoms with Gasteiger partial charge in [0.15, 0.2) is 0 Å². The van der Waals surface area contributed by atoms with Gasteiger partial charge in [-0.2, -0.15) is 0 Å². The van der Waals surface area contributed by atoms with Gasteiger partial charge < -0.3 is 4.90 Å². The zero-order chi connectivity index (χ0) is 21.2. The number of benzene rings is 2. The number of aryl methyl sites for hydroxylation is 1. The Hall–Kier alpha value is -2.35. The van der Waals surface area contributed by atoms with E-state index in [2.05, 4.69) is 0 Å². The van der Waals surface area contributed by atoms with Crippen LogP contribution in [0.3, 0.4) is 0 Å². The average Bonchev–Trinajstić information content (AvgIpc) is 3.20. The third-order valence-electron chi connectivity index (χ3n) is 4.54. The van der Waals surface area contributed by atoms with E-state index in [1.807, 2.05) is 24.4 Å². The fourth-order valence-electron chi connectivity index (χ4n) is 2.79. The van der Waals surface area contributed by atoms with E-state index < -0.39 is 10.0 Å². The van der Waals surface area contributed by atoms with Gasteiger partial charge in [0.2, 0.25) is 0 Å². The highest BCUT2D eigenvalue weighted by Crippen LogP contribution is 2.28. The average molecular weight is 449 g/mol. The Labute approximate surface area is 180 Å². The molecule has 3 rings (SSSR count). The summed E-state index contributed by atoms with van der Waals surface area (Å²) in [5.74, 6) is -0.272. The van der Waals surface area contributed by atoms with Crippen molar-refractivity contribution in [2.45, 2.75) is 18.4 Å². The van der Waals surface area contributed by atoms with Crippen LogP contribution in [-0.2, 0) is 16.6 Å². The van der Waals surface area contributed by atoms with Crippen LogP contribution in [0.1, 0.15) is 20.8 Å². The molecule has 0 unspecified atom stereocenters. The van der Waals surface area contributed by atoms with Crippen LogP contribution in [0.2, 0.25) is 5.02 Å². The van der Waals surface area contributed by atoms with Gasteiger partial charge in [0.25, 0.3) is 15.9 Å². The number of carbonyl (C=O) groups excluding carboxylic acids is 1. The number of anilines is 1. The summed E-state index contributed by atoms with van der Waals surface area (Å²) in [5.41, 5.74) is 1.59. The Kier molecular flexibility index (Phi) is 6.31. The summed E-state index contributed by atoms with van der Waals surface area (Å²) in [5, 5.41) is 2.23. The van der Waals surface area contributed by atoms with E-state index in [0.717, 1.165) is 14.7 Å². The van der Waals surface area contributed by atoms with E-state index in [1.54, 1.807) is 59.7 Å². The van der Waals surface area contributed by atoms with Crippen LogP contribution < -0.4 is 4.31 Å². The number of rotatable bonds is 6. The molecule has 29 heavy (non-hydrogen) atoms. The number of hydrogen-bond acceptors (Lipinski definition) is 4. The first kappa shape index (κ1) is 21.4. The zero-order valence-electron chi connectivity index (χ0n) is 16.3. The number of thiophene rings is 1. The van der Waals surface area contributed by atoms with Crippen LogP contribution >= 0.6 is 22.9 Å². The van der Waals surface area contributed by atoms with Gasteiger partial charge in [0.05, 0.1) is 27.7 Å². The Bertz CT molecular complexity index is 1110. The number of amides is 1. The molecule has 0 saturated carbocycles. The highest BCUT2D eigenvalue weighted by molar-refractivity contribution is 7.92. The molecule has 0 N–H and O–H groups in total. The molecule has 0 bridgehead atoms. The topological polar surface area (TPSA) is 57.7 Å². The van der Waals surface area contributed by atoms with Crippen molar-refractivity contribution in [2.24, 2.45) is 0 Å². The molecular weight excluding hydrogens is 428 g/mol. The first-order chi connectivity index (χ1) is 13.7. The molecule has 3 aromatic rings. The smallest absolute Gasteiger partial charge is 0.264 e. The third-order valence-corrected chi connectivity index (χ3v) is 7.53. The summed E-state index contributed by atoms with van der Waals surface area (Å²) in [4.78, 5) is 15.7. The number of hydrogen-bond donors (Lipinski definition) is 0. The van der Waals surface area contributed by atoms with Crippen LogP contribution in [0.15, 0.2) is 64.9 Å². The fourth-order valence-corrected chi connectivity index (χ4v) is 4.94. The van der Waals surface area contributed by atoms with Crippen molar-refractivity contribution in [3.05, 3.63) is 81.0 Å². The Morgan fingerprint density at radius 2 is 1.76 bits per heavy atom. The van der Waals surface area contributed by atoms with Gasteiger partial charge in [-0.1, -0.05) is 35.4 Å². The normalized spacial score (nSPS) is 11.3. The van der Waals surface area contributed by atoms with Crippen LogP contribution in [0, 0.1) is 6.92 Å². The SMILES string of the molecule is Cc1ccc(S(=O)(=O)N(C)c2ccc(Cl)c(C(=O)N(C)Cc3cccs3)c2)cc1. The lowest BCUT2D eigenvalue weighted by Crippen LogP contribution is -2.28. The standard InChI is InChI=1S/C21H21ClN2O3S2/c1-15-6-9-18(10-7-15)29(26,27)24(3)16-8-11-20(22)19(13-16)21(25)23(2)14-17-5-4-12-28-17/h4-13H,14H2,1-3H3. The molecule has 0 radical (unpaired) electrons. The van der Waals surface area contributed by atoms with Gasteiger partial charge in [0.1, 0.15) is 0 Å². The van der Waals surface area contributed by atoms with Crippen molar-refractivity contribution in [1.29, 1.82) is 0 Å². The van der Waals surface area contributed by atoms with Crippen molar-refractivity contribution >= 4 is 44.6 Å². The molecule has 1 heterocycles. The number of nitrogens with zero attached hydrogens (tertiary/aromatic N) is 2. The zero-order valence-corrected chi connectivity index (χ0v) is 18.7. The van der Waals surface area contributed by atoms with E-state index >= 15 is 0 Å². The molecule has 2 aromatic carbocycles. The predicted molar refractivity (Wildman–Crippen MR) is 118 cm³/mol. The maximum absolute atomic E-state index is 13.0. The molecule has 152 valence electrons. The van der Waals surface area contributed by atoms with E-state index in [1.165, 1.54) is 13.1 Å². The largest absolute Gasteiger partial charge is 0.337 e. The maximum atomic E-state index is 13.0. The van der Waals surface area contributed by atoms with E-state index in [4.69, 9.17) is 11.6 Å². The molecule has 1 amide bonds. The summed E-state index contributed by atoms with van der Waals surface area (Å²) < 4.78 is 27.1. The lowest BCUT2D eigenvalue weighted by molar-refractivity contribution is 0.0786. The van der Waals surface area contributed by atoms with Crippen LogP contribution in [0.5, 0.6) is 0 Å². The Morgan fingerprint density at radius 1 is 1.07 bits per heavy atom. The van der Waals surface area contributed by atoms with Gasteiger partial charge in [-0.25, -0.2) is 8.42 Å². The molecule has 0 aliphatic heterocycles. The van der Waals surface area contributed by atoms with Crippen LogP contribution in [-0.4, -0.2) is 33.3 Å². The first-order valence-corrected chi connectivity index (χ1v) is 11.5. The highest BCUT2D eigenvalue weighted by atomic mass is 35.5. The third kappa shape index (κ3) is 4.63. The maximum Gasteiger partial charge on any atom is 0.264 e. The summed E-state index contributed by atoms with van der Waals surface area (Å²) in [6.45, 7) is 2.35. The van der Waals surface area contributed by atoms with Crippen molar-refractivity contribution in [2.75, 3.05) is 18.4 Å². The van der Waals surface area contributed by atoms with Gasteiger partial charge in [-0.15, -0.1) is 11.3 Å². The van der Waals surface area contributed by atoms with Crippen molar-refractivity contribution in [3.63, 3.8) is 0 Å². The molecule has 0 saturated heterocycles. The first-order valence-electron chi connectivity index (χ1n) is 8.83. The molecule has 0 atom stereocenters. The highest BCUT2D eigenvalue weighted by Gasteiger charge is 2.23.